The molecule has 0 aliphatic rings. The number of ether oxygens (including phenoxy) is 1. The van der Waals surface area contributed by atoms with Gasteiger partial charge in [-0.1, -0.05) is 0 Å². The first-order valence-corrected chi connectivity index (χ1v) is 3.80. The van der Waals surface area contributed by atoms with Crippen LogP contribution in [0.3, 0.4) is 0 Å². The molecular formula is C8H8BFO4. The van der Waals surface area contributed by atoms with Crippen molar-refractivity contribution >= 4 is 18.6 Å². The molecule has 4 nitrogen and oxygen atoms in total. The second kappa shape index (κ2) is 4.21. The lowest BCUT2D eigenvalue weighted by Gasteiger charge is -2.06. The maximum absolute atomic E-state index is 12.7. The highest BCUT2D eigenvalue weighted by Gasteiger charge is 2.21. The van der Waals surface area contributed by atoms with Crippen molar-refractivity contribution in [2.75, 3.05) is 7.11 Å². The number of carbonyl (C=O) groups is 1. The second-order valence-corrected chi connectivity index (χ2v) is 2.60. The van der Waals surface area contributed by atoms with E-state index < -0.39 is 18.9 Å². The van der Waals surface area contributed by atoms with Crippen LogP contribution in [0.4, 0.5) is 4.39 Å². The number of carbonyl (C=O) groups excluding carboxylic acids is 1. The van der Waals surface area contributed by atoms with Crippen LogP contribution in [0.15, 0.2) is 18.2 Å². The Morgan fingerprint density at radius 2 is 2.14 bits per heavy atom. The predicted octanol–water partition coefficient (Wildman–Crippen LogP) is -0.708. The molecule has 0 spiro atoms. The van der Waals surface area contributed by atoms with E-state index in [0.717, 1.165) is 25.3 Å². The van der Waals surface area contributed by atoms with Gasteiger partial charge in [0.15, 0.2) is 0 Å². The maximum atomic E-state index is 12.7. The first-order valence-electron chi connectivity index (χ1n) is 3.80. The third-order valence-corrected chi connectivity index (χ3v) is 1.70. The Kier molecular flexibility index (Phi) is 3.21. The lowest BCUT2D eigenvalue weighted by Crippen LogP contribution is -2.35. The summed E-state index contributed by atoms with van der Waals surface area (Å²) in [6, 6.07) is 3.05. The summed E-state index contributed by atoms with van der Waals surface area (Å²) in [4.78, 5) is 11.1. The zero-order chi connectivity index (χ0) is 10.7. The van der Waals surface area contributed by atoms with Crippen molar-refractivity contribution in [2.24, 2.45) is 0 Å². The van der Waals surface area contributed by atoms with Gasteiger partial charge >= 0.3 is 13.1 Å². The number of benzene rings is 1. The number of halogens is 1. The second-order valence-electron chi connectivity index (χ2n) is 2.60. The third kappa shape index (κ3) is 2.10. The Morgan fingerprint density at radius 3 is 2.64 bits per heavy atom. The Bertz CT molecular complexity index is 353. The van der Waals surface area contributed by atoms with Gasteiger partial charge in [0.25, 0.3) is 0 Å². The summed E-state index contributed by atoms with van der Waals surface area (Å²) in [5.41, 5.74) is -0.277. The molecule has 1 aromatic rings. The van der Waals surface area contributed by atoms with Gasteiger partial charge in [0.1, 0.15) is 5.82 Å². The molecule has 1 rings (SSSR count). The lowest BCUT2D eigenvalue weighted by molar-refractivity contribution is 0.0601. The number of hydrogen-bond donors (Lipinski definition) is 2. The average Bonchev–Trinajstić information content (AvgIpc) is 2.16. The van der Waals surface area contributed by atoms with Crippen LogP contribution in [0, 0.1) is 5.82 Å². The molecule has 0 bridgehead atoms. The molecule has 0 aliphatic heterocycles. The molecule has 1 aromatic carbocycles. The summed E-state index contributed by atoms with van der Waals surface area (Å²) < 4.78 is 17.1. The topological polar surface area (TPSA) is 66.8 Å². The highest BCUT2D eigenvalue weighted by Crippen LogP contribution is 2.02. The van der Waals surface area contributed by atoms with E-state index in [2.05, 4.69) is 4.74 Å². The first-order chi connectivity index (χ1) is 6.56. The predicted molar refractivity (Wildman–Crippen MR) is 47.6 cm³/mol. The van der Waals surface area contributed by atoms with Gasteiger partial charge in [-0.05, 0) is 23.7 Å². The molecule has 0 radical (unpaired) electrons. The number of esters is 1. The smallest absolute Gasteiger partial charge is 0.465 e. The number of rotatable bonds is 2. The monoisotopic (exact) mass is 198 g/mol. The molecule has 0 saturated heterocycles. The molecule has 2 N–H and O–H groups in total. The van der Waals surface area contributed by atoms with Crippen molar-refractivity contribution in [3.8, 4) is 0 Å². The summed E-state index contributed by atoms with van der Waals surface area (Å²) in [6.45, 7) is 0. The molecule has 0 saturated carbocycles. The van der Waals surface area contributed by atoms with Crippen molar-refractivity contribution in [3.63, 3.8) is 0 Å². The average molecular weight is 198 g/mol. The number of methoxy groups -OCH3 is 1. The molecule has 0 amide bonds. The van der Waals surface area contributed by atoms with Crippen molar-refractivity contribution in [2.45, 2.75) is 0 Å². The van der Waals surface area contributed by atoms with E-state index in [1.54, 1.807) is 0 Å². The van der Waals surface area contributed by atoms with Gasteiger partial charge in [0, 0.05) is 0 Å². The molecule has 0 unspecified atom stereocenters. The minimum atomic E-state index is -1.90. The maximum Gasteiger partial charge on any atom is 0.489 e. The minimum Gasteiger partial charge on any atom is -0.465 e. The minimum absolute atomic E-state index is 0.0658. The van der Waals surface area contributed by atoms with Gasteiger partial charge < -0.3 is 14.8 Å². The Morgan fingerprint density at radius 1 is 1.50 bits per heavy atom. The highest BCUT2D eigenvalue weighted by atomic mass is 19.1. The lowest BCUT2D eigenvalue weighted by atomic mass is 9.77. The number of hydrogen-bond acceptors (Lipinski definition) is 4. The molecule has 0 aliphatic carbocycles. The van der Waals surface area contributed by atoms with Gasteiger partial charge in [-0.25, -0.2) is 9.18 Å². The SMILES string of the molecule is COC(=O)c1ccc(F)cc1B(O)O. The van der Waals surface area contributed by atoms with Crippen molar-refractivity contribution in [1.82, 2.24) is 0 Å². The van der Waals surface area contributed by atoms with E-state index in [-0.39, 0.29) is 11.0 Å². The van der Waals surface area contributed by atoms with E-state index >= 15 is 0 Å². The molecule has 14 heavy (non-hydrogen) atoms. The van der Waals surface area contributed by atoms with Crippen LogP contribution in [0.1, 0.15) is 10.4 Å². The van der Waals surface area contributed by atoms with Crippen LogP contribution in [-0.2, 0) is 4.74 Å². The fourth-order valence-corrected chi connectivity index (χ4v) is 1.04. The van der Waals surface area contributed by atoms with E-state index in [0.29, 0.717) is 0 Å². The van der Waals surface area contributed by atoms with Crippen molar-refractivity contribution < 1.29 is 24.0 Å². The van der Waals surface area contributed by atoms with Crippen LogP contribution in [0.2, 0.25) is 0 Å². The van der Waals surface area contributed by atoms with E-state index in [1.807, 2.05) is 0 Å². The molecule has 74 valence electrons. The van der Waals surface area contributed by atoms with Gasteiger partial charge in [-0.15, -0.1) is 0 Å². The molecule has 0 aromatic heterocycles. The molecular weight excluding hydrogens is 190 g/mol. The Labute approximate surface area is 80.1 Å². The summed E-state index contributed by atoms with van der Waals surface area (Å²) in [6.07, 6.45) is 0. The van der Waals surface area contributed by atoms with Gasteiger partial charge in [0.05, 0.1) is 12.7 Å². The zero-order valence-electron chi connectivity index (χ0n) is 7.40. The third-order valence-electron chi connectivity index (χ3n) is 1.70. The summed E-state index contributed by atoms with van der Waals surface area (Å²) in [5, 5.41) is 17.7. The molecule has 0 heterocycles. The van der Waals surface area contributed by atoms with E-state index in [1.165, 1.54) is 0 Å². The van der Waals surface area contributed by atoms with E-state index in [9.17, 15) is 9.18 Å². The van der Waals surface area contributed by atoms with Crippen LogP contribution in [-0.4, -0.2) is 30.2 Å². The summed E-state index contributed by atoms with van der Waals surface area (Å²) in [7, 11) is -0.751. The molecule has 6 heteroatoms. The highest BCUT2D eigenvalue weighted by molar-refractivity contribution is 6.60. The van der Waals surface area contributed by atoms with Crippen molar-refractivity contribution in [1.29, 1.82) is 0 Å². The van der Waals surface area contributed by atoms with Gasteiger partial charge in [-0.3, -0.25) is 0 Å². The van der Waals surface area contributed by atoms with Gasteiger partial charge in [0.2, 0.25) is 0 Å². The van der Waals surface area contributed by atoms with Crippen molar-refractivity contribution in [3.05, 3.63) is 29.6 Å². The van der Waals surface area contributed by atoms with Crippen LogP contribution in [0.25, 0.3) is 0 Å². The fraction of sp³-hybridized carbons (Fsp3) is 0.125. The summed E-state index contributed by atoms with van der Waals surface area (Å²) >= 11 is 0. The standard InChI is InChI=1S/C8H8BFO4/c1-14-8(11)6-3-2-5(10)4-7(6)9(12)13/h2-4,12-13H,1H3. The Balaban J connectivity index is 3.21. The Hall–Kier alpha value is -1.40. The van der Waals surface area contributed by atoms with Crippen LogP contribution >= 0.6 is 0 Å². The normalized spacial score (nSPS) is 9.71. The molecule has 0 atom stereocenters. The van der Waals surface area contributed by atoms with Gasteiger partial charge in [-0.2, -0.15) is 0 Å². The zero-order valence-corrected chi connectivity index (χ0v) is 7.40. The van der Waals surface area contributed by atoms with E-state index in [4.69, 9.17) is 10.0 Å². The summed E-state index contributed by atoms with van der Waals surface area (Å²) in [5.74, 6) is -1.39. The quantitative estimate of drug-likeness (QED) is 0.486. The van der Waals surface area contributed by atoms with Crippen LogP contribution < -0.4 is 5.46 Å². The fourth-order valence-electron chi connectivity index (χ4n) is 1.04. The van der Waals surface area contributed by atoms with Crippen LogP contribution in [0.5, 0.6) is 0 Å². The largest absolute Gasteiger partial charge is 0.489 e. The molecule has 0 fully saturated rings. The first kappa shape index (κ1) is 10.7.